The summed E-state index contributed by atoms with van der Waals surface area (Å²) in [6.07, 6.45) is 4.21. The highest BCUT2D eigenvalue weighted by Crippen LogP contribution is 2.24. The summed E-state index contributed by atoms with van der Waals surface area (Å²) in [6.45, 7) is 7.80. The highest BCUT2D eigenvalue weighted by atomic mass is 16.5. The third kappa shape index (κ3) is 5.37. The van der Waals surface area contributed by atoms with Crippen LogP contribution >= 0.6 is 0 Å². The number of aryl methyl sites for hydroxylation is 2. The Morgan fingerprint density at radius 3 is 2.48 bits per heavy atom. The van der Waals surface area contributed by atoms with E-state index >= 15 is 0 Å². The third-order valence-corrected chi connectivity index (χ3v) is 5.73. The van der Waals surface area contributed by atoms with Crippen molar-refractivity contribution in [3.8, 4) is 0 Å². The van der Waals surface area contributed by atoms with Gasteiger partial charge in [0.15, 0.2) is 5.96 Å². The fourth-order valence-electron chi connectivity index (χ4n) is 4.44. The van der Waals surface area contributed by atoms with Crippen molar-refractivity contribution in [3.05, 3.63) is 64.7 Å². The van der Waals surface area contributed by atoms with Crippen LogP contribution in [-0.4, -0.2) is 36.2 Å². The first-order valence-electron chi connectivity index (χ1n) is 10.7. The highest BCUT2D eigenvalue weighted by molar-refractivity contribution is 5.92. The number of anilines is 1. The predicted octanol–water partition coefficient (Wildman–Crippen LogP) is 3.71. The minimum atomic E-state index is 0.300. The van der Waals surface area contributed by atoms with Crippen molar-refractivity contribution in [1.82, 2.24) is 4.90 Å². The van der Waals surface area contributed by atoms with E-state index in [2.05, 4.69) is 71.5 Å². The van der Waals surface area contributed by atoms with Gasteiger partial charge in [-0.05, 0) is 67.5 Å². The molecule has 0 saturated carbocycles. The van der Waals surface area contributed by atoms with E-state index in [4.69, 9.17) is 10.5 Å². The zero-order chi connectivity index (χ0) is 20.2. The summed E-state index contributed by atoms with van der Waals surface area (Å²) in [5.74, 6) is 0.461. The minimum Gasteiger partial charge on any atom is -0.373 e. The number of benzene rings is 2. The number of nitrogens with zero attached hydrogens (tertiary/aromatic N) is 2. The zero-order valence-electron chi connectivity index (χ0n) is 17.5. The second kappa shape index (κ2) is 8.97. The Hall–Kier alpha value is -2.37. The van der Waals surface area contributed by atoms with Gasteiger partial charge in [-0.2, -0.15) is 0 Å². The van der Waals surface area contributed by atoms with E-state index in [1.54, 1.807) is 0 Å². The van der Waals surface area contributed by atoms with Crippen LogP contribution in [0.5, 0.6) is 0 Å². The molecule has 1 fully saturated rings. The van der Waals surface area contributed by atoms with Crippen LogP contribution in [0, 0.1) is 0 Å². The standard InChI is InChI=1S/C24H32N4O/c1-17-14-28(15-18(2)29-17)16-20-8-6-19(7-9-20)13-26-24(25)27-23-11-10-21-4-3-5-22(21)12-23/h6-12,17-18H,3-5,13-16H2,1-2H3,(H3,25,26,27). The number of fused-ring (bicyclic) bond motifs is 1. The Labute approximate surface area is 174 Å². The largest absolute Gasteiger partial charge is 0.373 e. The van der Waals surface area contributed by atoms with Gasteiger partial charge in [0.1, 0.15) is 0 Å². The maximum absolute atomic E-state index is 6.10. The lowest BCUT2D eigenvalue weighted by Crippen LogP contribution is -2.44. The molecular formula is C24H32N4O. The first-order chi connectivity index (χ1) is 14.0. The Balaban J connectivity index is 1.30. The number of aliphatic imine (C=N–C) groups is 1. The van der Waals surface area contributed by atoms with Crippen LogP contribution in [0.25, 0.3) is 0 Å². The molecule has 1 aliphatic heterocycles. The molecule has 5 heteroatoms. The van der Waals surface area contributed by atoms with Gasteiger partial charge in [-0.15, -0.1) is 0 Å². The lowest BCUT2D eigenvalue weighted by Gasteiger charge is -2.35. The lowest BCUT2D eigenvalue weighted by molar-refractivity contribution is -0.0704. The average molecular weight is 393 g/mol. The summed E-state index contributed by atoms with van der Waals surface area (Å²) < 4.78 is 5.82. The summed E-state index contributed by atoms with van der Waals surface area (Å²) in [5.41, 5.74) is 12.5. The number of nitrogens with one attached hydrogen (secondary N) is 1. The summed E-state index contributed by atoms with van der Waals surface area (Å²) in [6, 6.07) is 15.2. The molecule has 3 N–H and O–H groups in total. The molecular weight excluding hydrogens is 360 g/mol. The van der Waals surface area contributed by atoms with Crippen LogP contribution < -0.4 is 11.1 Å². The van der Waals surface area contributed by atoms with Crippen LogP contribution in [0.15, 0.2) is 47.5 Å². The number of nitrogens with two attached hydrogens (primary N) is 1. The molecule has 2 unspecified atom stereocenters. The molecule has 1 heterocycles. The Morgan fingerprint density at radius 1 is 1.03 bits per heavy atom. The summed E-state index contributed by atoms with van der Waals surface area (Å²) in [5, 5.41) is 3.22. The van der Waals surface area contributed by atoms with Crippen molar-refractivity contribution >= 4 is 11.6 Å². The first-order valence-corrected chi connectivity index (χ1v) is 10.7. The number of ether oxygens (including phenoxy) is 1. The first kappa shape index (κ1) is 19.9. The van der Waals surface area contributed by atoms with E-state index in [0.717, 1.165) is 37.3 Å². The molecule has 0 spiro atoms. The van der Waals surface area contributed by atoms with Crippen molar-refractivity contribution < 1.29 is 4.74 Å². The monoisotopic (exact) mass is 392 g/mol. The average Bonchev–Trinajstić information content (AvgIpc) is 3.14. The number of hydrogen-bond acceptors (Lipinski definition) is 3. The van der Waals surface area contributed by atoms with Gasteiger partial charge in [-0.1, -0.05) is 30.3 Å². The molecule has 4 rings (SSSR count). The molecule has 29 heavy (non-hydrogen) atoms. The van der Waals surface area contributed by atoms with Crippen LogP contribution in [0.1, 0.15) is 42.5 Å². The highest BCUT2D eigenvalue weighted by Gasteiger charge is 2.21. The van der Waals surface area contributed by atoms with Crippen LogP contribution in [0.2, 0.25) is 0 Å². The van der Waals surface area contributed by atoms with E-state index in [0.29, 0.717) is 24.7 Å². The zero-order valence-corrected chi connectivity index (χ0v) is 17.5. The van der Waals surface area contributed by atoms with E-state index in [9.17, 15) is 0 Å². The van der Waals surface area contributed by atoms with Gasteiger partial charge >= 0.3 is 0 Å². The van der Waals surface area contributed by atoms with Gasteiger partial charge in [0.25, 0.3) is 0 Å². The third-order valence-electron chi connectivity index (χ3n) is 5.73. The smallest absolute Gasteiger partial charge is 0.193 e. The maximum Gasteiger partial charge on any atom is 0.193 e. The molecule has 2 atom stereocenters. The molecule has 0 amide bonds. The fraction of sp³-hybridized carbons (Fsp3) is 0.458. The van der Waals surface area contributed by atoms with Crippen LogP contribution in [0.3, 0.4) is 0 Å². The van der Waals surface area contributed by atoms with Gasteiger partial charge in [-0.25, -0.2) is 4.99 Å². The quantitative estimate of drug-likeness (QED) is 0.601. The molecule has 2 aliphatic rings. The van der Waals surface area contributed by atoms with Crippen molar-refractivity contribution in [2.75, 3.05) is 18.4 Å². The Kier molecular flexibility index (Phi) is 6.16. The second-order valence-electron chi connectivity index (χ2n) is 8.43. The van der Waals surface area contributed by atoms with Gasteiger partial charge in [0, 0.05) is 25.3 Å². The maximum atomic E-state index is 6.10. The van der Waals surface area contributed by atoms with Gasteiger partial charge in [0.2, 0.25) is 0 Å². The summed E-state index contributed by atoms with van der Waals surface area (Å²) in [7, 11) is 0. The molecule has 2 aromatic carbocycles. The number of hydrogen-bond donors (Lipinski definition) is 2. The van der Waals surface area contributed by atoms with Crippen molar-refractivity contribution in [2.45, 2.75) is 58.4 Å². The molecule has 1 saturated heterocycles. The van der Waals surface area contributed by atoms with Crippen LogP contribution in [0.4, 0.5) is 5.69 Å². The van der Waals surface area contributed by atoms with Crippen LogP contribution in [-0.2, 0) is 30.7 Å². The van der Waals surface area contributed by atoms with Gasteiger partial charge in [0.05, 0.1) is 18.8 Å². The van der Waals surface area contributed by atoms with Gasteiger partial charge < -0.3 is 15.8 Å². The van der Waals surface area contributed by atoms with Crippen molar-refractivity contribution in [3.63, 3.8) is 0 Å². The number of morpholine rings is 1. The minimum absolute atomic E-state index is 0.300. The summed E-state index contributed by atoms with van der Waals surface area (Å²) >= 11 is 0. The van der Waals surface area contributed by atoms with Crippen molar-refractivity contribution in [1.29, 1.82) is 0 Å². The Morgan fingerprint density at radius 2 is 1.72 bits per heavy atom. The number of guanidine groups is 1. The van der Waals surface area contributed by atoms with E-state index in [1.807, 2.05) is 0 Å². The van der Waals surface area contributed by atoms with Crippen molar-refractivity contribution in [2.24, 2.45) is 10.7 Å². The molecule has 154 valence electrons. The van der Waals surface area contributed by atoms with Gasteiger partial charge in [-0.3, -0.25) is 4.90 Å². The molecule has 2 aromatic rings. The molecule has 5 nitrogen and oxygen atoms in total. The topological polar surface area (TPSA) is 62.9 Å². The summed E-state index contributed by atoms with van der Waals surface area (Å²) in [4.78, 5) is 6.97. The lowest BCUT2D eigenvalue weighted by atomic mass is 10.1. The SMILES string of the molecule is CC1CN(Cc2ccc(CN=C(N)Nc3ccc4c(c3)CCC4)cc2)CC(C)O1. The molecule has 0 radical (unpaired) electrons. The molecule has 0 aromatic heterocycles. The van der Waals surface area contributed by atoms with E-state index < -0.39 is 0 Å². The molecule has 1 aliphatic carbocycles. The van der Waals surface area contributed by atoms with E-state index in [-0.39, 0.29) is 0 Å². The Bertz CT molecular complexity index is 852. The second-order valence-corrected chi connectivity index (χ2v) is 8.43. The van der Waals surface area contributed by atoms with E-state index in [1.165, 1.54) is 29.5 Å². The normalized spacial score (nSPS) is 22.5. The number of rotatable bonds is 5. The predicted molar refractivity (Wildman–Crippen MR) is 119 cm³/mol. The molecule has 0 bridgehead atoms. The fourth-order valence-corrected chi connectivity index (χ4v) is 4.44.